The average Bonchev–Trinajstić information content (AvgIpc) is 3.28. The summed E-state index contributed by atoms with van der Waals surface area (Å²) in [4.78, 5) is 53.5. The molecule has 2 atom stereocenters. The molecule has 38 heavy (non-hydrogen) atoms. The summed E-state index contributed by atoms with van der Waals surface area (Å²) in [6, 6.07) is 13.8. The van der Waals surface area contributed by atoms with Crippen molar-refractivity contribution in [2.45, 2.75) is 58.5 Å². The number of hydrogen-bond donors (Lipinski definition) is 5. The van der Waals surface area contributed by atoms with Crippen LogP contribution in [0.4, 0.5) is 0 Å². The molecule has 3 aromatic rings. The van der Waals surface area contributed by atoms with Crippen LogP contribution < -0.4 is 21.7 Å². The van der Waals surface area contributed by atoms with Crippen LogP contribution in [-0.4, -0.2) is 47.2 Å². The van der Waals surface area contributed by atoms with Crippen LogP contribution in [0.2, 0.25) is 0 Å². The van der Waals surface area contributed by atoms with Crippen LogP contribution in [0.25, 0.3) is 10.9 Å². The Labute approximate surface area is 222 Å². The van der Waals surface area contributed by atoms with Crippen LogP contribution >= 0.6 is 0 Å². The number of nitrogens with one attached hydrogen (secondary N) is 4. The van der Waals surface area contributed by atoms with Crippen LogP contribution in [0, 0.1) is 12.8 Å². The number of hydrogen-bond acceptors (Lipinski definition) is 4. The standard InChI is InChI=1S/C29H37N5O4/c1-18(2)14-24(33-27(36)13-12-20-10-8-19(3)9-11-20)29(38)34-25(28(37)32-17-26(30)35)15-21-16-31-23-7-5-4-6-22(21)23/h4-11,16,18,24-25,31H,12-15,17H2,1-3H3,(H2,30,35)(H,32,37)(H,33,36)(H,34,38)/t24-,25+/m0/s1. The van der Waals surface area contributed by atoms with Gasteiger partial charge in [0.05, 0.1) is 6.54 Å². The monoisotopic (exact) mass is 519 g/mol. The Kier molecular flexibility index (Phi) is 10.0. The van der Waals surface area contributed by atoms with Crippen LogP contribution in [0.3, 0.4) is 0 Å². The third-order valence-electron chi connectivity index (χ3n) is 6.29. The Balaban J connectivity index is 1.71. The number of benzene rings is 2. The Bertz CT molecular complexity index is 1270. The highest BCUT2D eigenvalue weighted by atomic mass is 16.2. The van der Waals surface area contributed by atoms with Gasteiger partial charge in [-0.3, -0.25) is 19.2 Å². The molecule has 0 spiro atoms. The van der Waals surface area contributed by atoms with Crippen LogP contribution in [0.5, 0.6) is 0 Å². The number of aromatic nitrogens is 1. The number of para-hydroxylation sites is 1. The van der Waals surface area contributed by atoms with Crippen molar-refractivity contribution in [2.75, 3.05) is 6.54 Å². The molecule has 1 aromatic heterocycles. The maximum atomic E-state index is 13.4. The molecule has 9 nitrogen and oxygen atoms in total. The zero-order chi connectivity index (χ0) is 27.7. The number of rotatable bonds is 13. The summed E-state index contributed by atoms with van der Waals surface area (Å²) in [5.41, 5.74) is 9.13. The molecule has 0 unspecified atom stereocenters. The van der Waals surface area contributed by atoms with Gasteiger partial charge in [0.2, 0.25) is 23.6 Å². The number of carbonyl (C=O) groups excluding carboxylic acids is 4. The summed E-state index contributed by atoms with van der Waals surface area (Å²) in [5, 5.41) is 9.07. The van der Waals surface area contributed by atoms with Gasteiger partial charge in [0.25, 0.3) is 0 Å². The molecule has 1 heterocycles. The molecule has 0 radical (unpaired) electrons. The van der Waals surface area contributed by atoms with Gasteiger partial charge in [-0.05, 0) is 42.9 Å². The van der Waals surface area contributed by atoms with E-state index in [-0.39, 0.29) is 31.2 Å². The molecule has 6 N–H and O–H groups in total. The molecule has 0 aliphatic rings. The van der Waals surface area contributed by atoms with Gasteiger partial charge in [-0.1, -0.05) is 61.9 Å². The minimum atomic E-state index is -0.972. The number of fused-ring (bicyclic) bond motifs is 1. The van der Waals surface area contributed by atoms with E-state index in [0.29, 0.717) is 12.8 Å². The molecule has 0 bridgehead atoms. The van der Waals surface area contributed by atoms with Crippen molar-refractivity contribution >= 4 is 34.5 Å². The van der Waals surface area contributed by atoms with Crippen molar-refractivity contribution in [1.82, 2.24) is 20.9 Å². The number of aromatic amines is 1. The third-order valence-corrected chi connectivity index (χ3v) is 6.29. The molecule has 0 fully saturated rings. The summed E-state index contributed by atoms with van der Waals surface area (Å²) in [5.74, 6) is -1.79. The van der Waals surface area contributed by atoms with Crippen molar-refractivity contribution < 1.29 is 19.2 Å². The summed E-state index contributed by atoms with van der Waals surface area (Å²) >= 11 is 0. The van der Waals surface area contributed by atoms with E-state index in [2.05, 4.69) is 20.9 Å². The molecular weight excluding hydrogens is 482 g/mol. The van der Waals surface area contributed by atoms with E-state index in [4.69, 9.17) is 5.73 Å². The summed E-state index contributed by atoms with van der Waals surface area (Å²) in [7, 11) is 0. The summed E-state index contributed by atoms with van der Waals surface area (Å²) < 4.78 is 0. The lowest BCUT2D eigenvalue weighted by Crippen LogP contribution is -2.55. The Morgan fingerprint density at radius 3 is 2.32 bits per heavy atom. The molecule has 2 aromatic carbocycles. The molecule has 0 saturated carbocycles. The van der Waals surface area contributed by atoms with Gasteiger partial charge in [0.1, 0.15) is 12.1 Å². The Hall–Kier alpha value is -4.14. The average molecular weight is 520 g/mol. The largest absolute Gasteiger partial charge is 0.368 e. The number of carbonyl (C=O) groups is 4. The summed E-state index contributed by atoms with van der Waals surface area (Å²) in [6.45, 7) is 5.58. The second-order valence-corrected chi connectivity index (χ2v) is 10.0. The van der Waals surface area contributed by atoms with E-state index in [1.165, 1.54) is 0 Å². The minimum absolute atomic E-state index is 0.124. The molecule has 0 aliphatic heterocycles. The van der Waals surface area contributed by atoms with Gasteiger partial charge in [-0.25, -0.2) is 0 Å². The quantitative estimate of drug-likeness (QED) is 0.236. The predicted octanol–water partition coefficient (Wildman–Crippen LogP) is 2.27. The molecule has 4 amide bonds. The molecule has 0 saturated heterocycles. The Morgan fingerprint density at radius 2 is 1.63 bits per heavy atom. The highest BCUT2D eigenvalue weighted by Gasteiger charge is 2.28. The molecule has 3 rings (SSSR count). The second kappa shape index (κ2) is 13.4. The number of aryl methyl sites for hydroxylation is 2. The highest BCUT2D eigenvalue weighted by molar-refractivity contribution is 5.94. The van der Waals surface area contributed by atoms with Gasteiger partial charge >= 0.3 is 0 Å². The van der Waals surface area contributed by atoms with Crippen molar-refractivity contribution in [3.05, 3.63) is 71.4 Å². The third kappa shape index (κ3) is 8.47. The zero-order valence-electron chi connectivity index (χ0n) is 22.2. The fraction of sp³-hybridized carbons (Fsp3) is 0.379. The number of H-pyrrole nitrogens is 1. The number of primary amides is 1. The van der Waals surface area contributed by atoms with E-state index in [1.54, 1.807) is 6.20 Å². The SMILES string of the molecule is Cc1ccc(CCC(=O)N[C@@H](CC(C)C)C(=O)N[C@H](Cc2c[nH]c3ccccc23)C(=O)NCC(N)=O)cc1. The van der Waals surface area contributed by atoms with E-state index in [9.17, 15) is 19.2 Å². The van der Waals surface area contributed by atoms with Crippen LogP contribution in [-0.2, 0) is 32.0 Å². The normalized spacial score (nSPS) is 12.6. The van der Waals surface area contributed by atoms with Gasteiger partial charge in [-0.15, -0.1) is 0 Å². The summed E-state index contributed by atoms with van der Waals surface area (Å²) in [6.07, 6.45) is 3.19. The topological polar surface area (TPSA) is 146 Å². The van der Waals surface area contributed by atoms with E-state index >= 15 is 0 Å². The van der Waals surface area contributed by atoms with Crippen molar-refractivity contribution in [3.8, 4) is 0 Å². The first kappa shape index (κ1) is 28.4. The van der Waals surface area contributed by atoms with Crippen molar-refractivity contribution in [1.29, 1.82) is 0 Å². The lowest BCUT2D eigenvalue weighted by atomic mass is 10.0. The first-order valence-electron chi connectivity index (χ1n) is 12.9. The fourth-order valence-electron chi connectivity index (χ4n) is 4.28. The zero-order valence-corrected chi connectivity index (χ0v) is 22.2. The van der Waals surface area contributed by atoms with Crippen molar-refractivity contribution in [3.63, 3.8) is 0 Å². The van der Waals surface area contributed by atoms with Crippen LogP contribution in [0.15, 0.2) is 54.7 Å². The lowest BCUT2D eigenvalue weighted by molar-refractivity contribution is -0.132. The fourth-order valence-corrected chi connectivity index (χ4v) is 4.28. The van der Waals surface area contributed by atoms with E-state index < -0.39 is 29.8 Å². The number of amides is 4. The lowest BCUT2D eigenvalue weighted by Gasteiger charge is -2.24. The van der Waals surface area contributed by atoms with Gasteiger partial charge in [0, 0.05) is 29.9 Å². The highest BCUT2D eigenvalue weighted by Crippen LogP contribution is 2.19. The molecular formula is C29H37N5O4. The first-order valence-corrected chi connectivity index (χ1v) is 12.9. The Morgan fingerprint density at radius 1 is 0.921 bits per heavy atom. The second-order valence-electron chi connectivity index (χ2n) is 10.0. The smallest absolute Gasteiger partial charge is 0.243 e. The number of nitrogens with two attached hydrogens (primary N) is 1. The minimum Gasteiger partial charge on any atom is -0.368 e. The molecule has 202 valence electrons. The maximum Gasteiger partial charge on any atom is 0.243 e. The maximum absolute atomic E-state index is 13.4. The first-order chi connectivity index (χ1) is 18.1. The van der Waals surface area contributed by atoms with Gasteiger partial charge in [-0.2, -0.15) is 0 Å². The molecule has 9 heteroatoms. The van der Waals surface area contributed by atoms with Crippen LogP contribution in [0.1, 0.15) is 43.4 Å². The van der Waals surface area contributed by atoms with E-state index in [0.717, 1.165) is 27.6 Å². The van der Waals surface area contributed by atoms with Gasteiger partial charge < -0.3 is 26.7 Å². The predicted molar refractivity (Wildman–Crippen MR) is 147 cm³/mol. The van der Waals surface area contributed by atoms with E-state index in [1.807, 2.05) is 69.3 Å². The molecule has 0 aliphatic carbocycles. The van der Waals surface area contributed by atoms with Gasteiger partial charge in [0.15, 0.2) is 0 Å². The van der Waals surface area contributed by atoms with Crippen molar-refractivity contribution in [2.24, 2.45) is 11.7 Å².